The van der Waals surface area contributed by atoms with Crippen molar-refractivity contribution in [2.24, 2.45) is 0 Å². The molecular weight excluding hydrogens is 266 g/mol. The zero-order valence-corrected chi connectivity index (χ0v) is 13.0. The molecule has 1 unspecified atom stereocenters. The zero-order chi connectivity index (χ0) is 14.7. The lowest BCUT2D eigenvalue weighted by molar-refractivity contribution is -0.120. The summed E-state index contributed by atoms with van der Waals surface area (Å²) in [6.45, 7) is 5.92. The van der Waals surface area contributed by atoms with Crippen LogP contribution in [0.25, 0.3) is 0 Å². The lowest BCUT2D eigenvalue weighted by atomic mass is 9.89. The molecule has 0 aromatic heterocycles. The monoisotopic (exact) mass is 295 g/mol. The Kier molecular flexibility index (Phi) is 4.82. The lowest BCUT2D eigenvalue weighted by Crippen LogP contribution is -2.52. The highest BCUT2D eigenvalue weighted by Gasteiger charge is 2.36. The van der Waals surface area contributed by atoms with E-state index in [1.54, 1.807) is 0 Å². The Morgan fingerprint density at radius 3 is 2.57 bits per heavy atom. The second kappa shape index (κ2) is 6.63. The Morgan fingerprint density at radius 1 is 1.14 bits per heavy atom. The quantitative estimate of drug-likeness (QED) is 0.800. The molecule has 0 saturated carbocycles. The van der Waals surface area contributed by atoms with E-state index in [9.17, 15) is 9.90 Å². The van der Waals surface area contributed by atoms with Gasteiger partial charge < -0.3 is 20.2 Å². The molecule has 3 fully saturated rings. The smallest absolute Gasteiger partial charge is 0.220 e. The molecule has 0 aliphatic carbocycles. The van der Waals surface area contributed by atoms with Crippen molar-refractivity contribution in [3.05, 3.63) is 0 Å². The number of hydrogen-bond acceptors (Lipinski definition) is 4. The van der Waals surface area contributed by atoms with Gasteiger partial charge >= 0.3 is 0 Å². The van der Waals surface area contributed by atoms with Gasteiger partial charge in [0.1, 0.15) is 0 Å². The second-order valence-corrected chi connectivity index (χ2v) is 7.07. The van der Waals surface area contributed by atoms with Gasteiger partial charge in [-0.15, -0.1) is 0 Å². The molecule has 2 N–H and O–H groups in total. The Labute approximate surface area is 127 Å². The van der Waals surface area contributed by atoms with Gasteiger partial charge in [-0.1, -0.05) is 0 Å². The molecule has 0 radical (unpaired) electrons. The average Bonchev–Trinajstić information content (AvgIpc) is 2.86. The first-order valence-electron chi connectivity index (χ1n) is 8.60. The molecule has 0 aromatic rings. The molecular formula is C16H29N3O2. The summed E-state index contributed by atoms with van der Waals surface area (Å²) in [6.07, 6.45) is 6.99. The third-order valence-corrected chi connectivity index (χ3v) is 5.47. The Morgan fingerprint density at radius 2 is 1.86 bits per heavy atom. The highest BCUT2D eigenvalue weighted by molar-refractivity contribution is 5.76. The van der Waals surface area contributed by atoms with E-state index in [2.05, 4.69) is 15.1 Å². The largest absolute Gasteiger partial charge is 0.388 e. The fourth-order valence-corrected chi connectivity index (χ4v) is 4.09. The van der Waals surface area contributed by atoms with E-state index in [0.29, 0.717) is 12.5 Å². The van der Waals surface area contributed by atoms with Crippen LogP contribution in [0.2, 0.25) is 0 Å². The van der Waals surface area contributed by atoms with Gasteiger partial charge in [-0.25, -0.2) is 0 Å². The highest BCUT2D eigenvalue weighted by atomic mass is 16.3. The topological polar surface area (TPSA) is 55.8 Å². The maximum absolute atomic E-state index is 11.4. The van der Waals surface area contributed by atoms with Gasteiger partial charge in [0.15, 0.2) is 0 Å². The molecule has 5 nitrogen and oxygen atoms in total. The second-order valence-electron chi connectivity index (χ2n) is 7.07. The molecule has 5 heteroatoms. The number of nitrogens with one attached hydrogen (secondary N) is 1. The number of amides is 1. The van der Waals surface area contributed by atoms with Gasteiger partial charge in [-0.3, -0.25) is 4.79 Å². The third-order valence-electron chi connectivity index (χ3n) is 5.47. The number of rotatable bonds is 3. The minimum atomic E-state index is -0.486. The maximum Gasteiger partial charge on any atom is 0.220 e. The van der Waals surface area contributed by atoms with Crippen molar-refractivity contribution in [3.63, 3.8) is 0 Å². The van der Waals surface area contributed by atoms with E-state index in [1.807, 2.05) is 0 Å². The summed E-state index contributed by atoms with van der Waals surface area (Å²) in [5.74, 6) is 0.194. The number of nitrogens with zero attached hydrogens (tertiary/aromatic N) is 2. The molecule has 0 aromatic carbocycles. The van der Waals surface area contributed by atoms with E-state index in [4.69, 9.17) is 0 Å². The molecule has 0 spiro atoms. The molecule has 3 aliphatic heterocycles. The average molecular weight is 295 g/mol. The summed E-state index contributed by atoms with van der Waals surface area (Å²) in [4.78, 5) is 16.4. The molecule has 3 aliphatic rings. The van der Waals surface area contributed by atoms with Gasteiger partial charge in [0.2, 0.25) is 5.91 Å². The zero-order valence-electron chi connectivity index (χ0n) is 13.0. The van der Waals surface area contributed by atoms with Crippen molar-refractivity contribution >= 4 is 5.91 Å². The molecule has 0 bridgehead atoms. The predicted molar refractivity (Wildman–Crippen MR) is 82.1 cm³/mol. The fourth-order valence-electron chi connectivity index (χ4n) is 4.09. The molecule has 3 rings (SSSR count). The Balaban J connectivity index is 1.48. The molecule has 1 atom stereocenters. The van der Waals surface area contributed by atoms with Crippen LogP contribution in [0.5, 0.6) is 0 Å². The van der Waals surface area contributed by atoms with Crippen LogP contribution >= 0.6 is 0 Å². The van der Waals surface area contributed by atoms with E-state index in [1.165, 1.54) is 12.8 Å². The summed E-state index contributed by atoms with van der Waals surface area (Å²) in [7, 11) is 0. The number of carbonyl (C=O) groups is 1. The van der Waals surface area contributed by atoms with E-state index in [0.717, 1.165) is 65.0 Å². The van der Waals surface area contributed by atoms with Crippen LogP contribution in [0.1, 0.15) is 44.9 Å². The molecule has 3 saturated heterocycles. The van der Waals surface area contributed by atoms with Crippen LogP contribution in [0.3, 0.4) is 0 Å². The fraction of sp³-hybridized carbons (Fsp3) is 0.938. The first-order valence-corrected chi connectivity index (χ1v) is 8.60. The highest BCUT2D eigenvalue weighted by Crippen LogP contribution is 2.28. The number of carbonyl (C=O) groups excluding carboxylic acids is 1. The number of hydrogen-bond donors (Lipinski definition) is 2. The third kappa shape index (κ3) is 3.96. The van der Waals surface area contributed by atoms with Gasteiger partial charge in [-0.2, -0.15) is 0 Å². The van der Waals surface area contributed by atoms with E-state index in [-0.39, 0.29) is 5.91 Å². The van der Waals surface area contributed by atoms with E-state index < -0.39 is 5.60 Å². The van der Waals surface area contributed by atoms with Crippen molar-refractivity contribution in [3.8, 4) is 0 Å². The summed E-state index contributed by atoms with van der Waals surface area (Å²) in [5.41, 5.74) is -0.486. The minimum absolute atomic E-state index is 0.194. The van der Waals surface area contributed by atoms with Crippen LogP contribution in [-0.2, 0) is 4.79 Å². The Hall–Kier alpha value is -0.650. The van der Waals surface area contributed by atoms with Crippen molar-refractivity contribution in [1.29, 1.82) is 0 Å². The van der Waals surface area contributed by atoms with Crippen molar-refractivity contribution in [2.45, 2.75) is 56.6 Å². The van der Waals surface area contributed by atoms with Crippen LogP contribution in [0, 0.1) is 0 Å². The summed E-state index contributed by atoms with van der Waals surface area (Å²) < 4.78 is 0. The maximum atomic E-state index is 11.4. The van der Waals surface area contributed by atoms with Gasteiger partial charge in [0.05, 0.1) is 5.60 Å². The van der Waals surface area contributed by atoms with Crippen molar-refractivity contribution in [1.82, 2.24) is 15.1 Å². The van der Waals surface area contributed by atoms with Crippen molar-refractivity contribution in [2.75, 3.05) is 39.3 Å². The van der Waals surface area contributed by atoms with Gasteiger partial charge in [0, 0.05) is 38.6 Å². The molecule has 120 valence electrons. The van der Waals surface area contributed by atoms with Gasteiger partial charge in [0.25, 0.3) is 0 Å². The lowest BCUT2D eigenvalue weighted by Gasteiger charge is -2.43. The Bertz CT molecular complexity index is 361. The number of piperidine rings is 1. The first-order chi connectivity index (χ1) is 10.1. The minimum Gasteiger partial charge on any atom is -0.388 e. The van der Waals surface area contributed by atoms with Gasteiger partial charge in [-0.05, 0) is 51.6 Å². The number of aliphatic hydroxyl groups is 1. The standard InChI is InChI=1S/C16H29N3O2/c20-15-4-3-14(5-8-17-15)19-11-6-16(21,7-12-19)13-18-9-1-2-10-18/h14,21H,1-13H2,(H,17,20). The van der Waals surface area contributed by atoms with Crippen LogP contribution in [0.15, 0.2) is 0 Å². The normalized spacial score (nSPS) is 31.9. The van der Waals surface area contributed by atoms with E-state index >= 15 is 0 Å². The summed E-state index contributed by atoms with van der Waals surface area (Å²) >= 11 is 0. The van der Waals surface area contributed by atoms with Crippen molar-refractivity contribution < 1.29 is 9.90 Å². The molecule has 21 heavy (non-hydrogen) atoms. The van der Waals surface area contributed by atoms with Crippen LogP contribution in [0.4, 0.5) is 0 Å². The SMILES string of the molecule is O=C1CCC(N2CCC(O)(CN3CCCC3)CC2)CCN1. The first kappa shape index (κ1) is 15.3. The number of likely N-dealkylation sites (tertiary alicyclic amines) is 2. The molecule has 3 heterocycles. The summed E-state index contributed by atoms with van der Waals surface area (Å²) in [6, 6.07) is 0.514. The van der Waals surface area contributed by atoms with Crippen LogP contribution < -0.4 is 5.32 Å². The predicted octanol–water partition coefficient (Wildman–Crippen LogP) is 0.578. The molecule has 1 amide bonds. The number of β-amino-alcohol motifs (C(OH)–C–C–N with tert-alkyl or cyclic N) is 1. The van der Waals surface area contributed by atoms with Crippen LogP contribution in [-0.4, -0.2) is 71.7 Å². The summed E-state index contributed by atoms with van der Waals surface area (Å²) in [5, 5.41) is 13.8.